The van der Waals surface area contributed by atoms with Crippen LogP contribution in [0.4, 0.5) is 5.69 Å². The standard InChI is InChI=1S/C26H29N3O8S/c30-24(27-18-3-1-2-4-18)12-29(11-17-5-7-20-22(9-17)36-15-34-20)26(32)14-38(33)13-25(31)28-19-6-8-21-23(10-19)37-16-35-21/h5-10,18H,1-4,11-16H2,(H,27,30)(H,28,31). The van der Waals surface area contributed by atoms with Crippen molar-refractivity contribution in [2.45, 2.75) is 38.3 Å². The maximum atomic E-state index is 13.2. The van der Waals surface area contributed by atoms with E-state index in [2.05, 4.69) is 10.6 Å². The van der Waals surface area contributed by atoms with E-state index < -0.39 is 28.4 Å². The lowest BCUT2D eigenvalue weighted by Gasteiger charge is -2.23. The fourth-order valence-corrected chi connectivity index (χ4v) is 5.53. The van der Waals surface area contributed by atoms with E-state index in [9.17, 15) is 18.6 Å². The molecule has 3 amide bonds. The Hall–Kier alpha value is -3.80. The Morgan fingerprint density at radius 2 is 1.50 bits per heavy atom. The minimum atomic E-state index is -1.79. The van der Waals surface area contributed by atoms with Crippen LogP contribution < -0.4 is 29.6 Å². The maximum Gasteiger partial charge on any atom is 0.239 e. The maximum absolute atomic E-state index is 13.2. The van der Waals surface area contributed by atoms with Gasteiger partial charge >= 0.3 is 0 Å². The molecule has 38 heavy (non-hydrogen) atoms. The molecule has 5 rings (SSSR count). The first kappa shape index (κ1) is 25.8. The van der Waals surface area contributed by atoms with E-state index >= 15 is 0 Å². The van der Waals surface area contributed by atoms with Gasteiger partial charge in [-0.05, 0) is 42.7 Å². The van der Waals surface area contributed by atoms with Gasteiger partial charge in [0.1, 0.15) is 11.5 Å². The van der Waals surface area contributed by atoms with E-state index in [4.69, 9.17) is 18.9 Å². The second-order valence-corrected chi connectivity index (χ2v) is 10.8. The van der Waals surface area contributed by atoms with Crippen LogP contribution in [0.2, 0.25) is 0 Å². The van der Waals surface area contributed by atoms with Crippen molar-refractivity contribution in [3.05, 3.63) is 42.0 Å². The molecule has 202 valence electrons. The van der Waals surface area contributed by atoms with Crippen molar-refractivity contribution in [1.29, 1.82) is 0 Å². The molecule has 0 saturated heterocycles. The Bertz CT molecular complexity index is 1250. The molecule has 11 nitrogen and oxygen atoms in total. The van der Waals surface area contributed by atoms with Crippen molar-refractivity contribution in [3.8, 4) is 23.0 Å². The Balaban J connectivity index is 1.19. The molecule has 2 N–H and O–H groups in total. The third-order valence-electron chi connectivity index (χ3n) is 6.45. The Labute approximate surface area is 222 Å². The van der Waals surface area contributed by atoms with Crippen molar-refractivity contribution >= 4 is 34.2 Å². The second-order valence-electron chi connectivity index (χ2n) is 9.33. The smallest absolute Gasteiger partial charge is 0.239 e. The number of carbonyl (C=O) groups is 3. The summed E-state index contributed by atoms with van der Waals surface area (Å²) in [5, 5.41) is 5.64. The van der Waals surface area contributed by atoms with E-state index in [0.717, 1.165) is 31.2 Å². The van der Waals surface area contributed by atoms with Gasteiger partial charge in [0, 0.05) is 35.1 Å². The summed E-state index contributed by atoms with van der Waals surface area (Å²) in [6.45, 7) is 0.178. The van der Waals surface area contributed by atoms with Crippen LogP contribution in [0.1, 0.15) is 31.2 Å². The highest BCUT2D eigenvalue weighted by molar-refractivity contribution is 7.86. The van der Waals surface area contributed by atoms with Gasteiger partial charge in [-0.2, -0.15) is 0 Å². The van der Waals surface area contributed by atoms with Crippen molar-refractivity contribution in [2.24, 2.45) is 0 Å². The van der Waals surface area contributed by atoms with Gasteiger partial charge in [-0.25, -0.2) is 0 Å². The number of hydrogen-bond donors (Lipinski definition) is 2. The Kier molecular flexibility index (Phi) is 7.97. The number of anilines is 1. The number of fused-ring (bicyclic) bond motifs is 2. The quantitative estimate of drug-likeness (QED) is 0.465. The molecule has 3 aliphatic rings. The second kappa shape index (κ2) is 11.7. The summed E-state index contributed by atoms with van der Waals surface area (Å²) in [5.41, 5.74) is 1.21. The fraction of sp³-hybridized carbons (Fsp3) is 0.423. The highest BCUT2D eigenvalue weighted by atomic mass is 32.2. The molecule has 1 unspecified atom stereocenters. The molecule has 1 aliphatic carbocycles. The molecule has 1 atom stereocenters. The number of nitrogens with zero attached hydrogens (tertiary/aromatic N) is 1. The third kappa shape index (κ3) is 6.55. The molecule has 0 radical (unpaired) electrons. The largest absolute Gasteiger partial charge is 0.454 e. The van der Waals surface area contributed by atoms with E-state index in [1.54, 1.807) is 36.4 Å². The molecule has 2 aromatic rings. The highest BCUT2D eigenvalue weighted by Gasteiger charge is 2.25. The van der Waals surface area contributed by atoms with Crippen molar-refractivity contribution in [1.82, 2.24) is 10.2 Å². The zero-order valence-electron chi connectivity index (χ0n) is 20.7. The van der Waals surface area contributed by atoms with Crippen molar-refractivity contribution in [2.75, 3.05) is 37.0 Å². The lowest BCUT2D eigenvalue weighted by molar-refractivity contribution is -0.134. The SMILES string of the molecule is O=C(CS(=O)CC(=O)N(CC(=O)NC1CCCC1)Cc1ccc2c(c1)OCO2)Nc1ccc2c(c1)OCO2. The van der Waals surface area contributed by atoms with Gasteiger partial charge in [0.2, 0.25) is 31.3 Å². The van der Waals surface area contributed by atoms with Crippen LogP contribution in [0.25, 0.3) is 0 Å². The monoisotopic (exact) mass is 543 g/mol. The van der Waals surface area contributed by atoms with Crippen molar-refractivity contribution < 1.29 is 37.5 Å². The predicted octanol–water partition coefficient (Wildman–Crippen LogP) is 1.92. The van der Waals surface area contributed by atoms with Crippen LogP contribution in [0.5, 0.6) is 23.0 Å². The summed E-state index contributed by atoms with van der Waals surface area (Å²) < 4.78 is 34.0. The fourth-order valence-electron chi connectivity index (χ4n) is 4.61. The van der Waals surface area contributed by atoms with Gasteiger partial charge in [0.25, 0.3) is 0 Å². The minimum Gasteiger partial charge on any atom is -0.454 e. The molecule has 2 aromatic carbocycles. The van der Waals surface area contributed by atoms with Gasteiger partial charge in [-0.1, -0.05) is 18.9 Å². The Morgan fingerprint density at radius 3 is 2.24 bits per heavy atom. The average molecular weight is 544 g/mol. The number of hydrogen-bond acceptors (Lipinski definition) is 8. The van der Waals surface area contributed by atoms with Crippen molar-refractivity contribution in [3.63, 3.8) is 0 Å². The number of amides is 3. The number of ether oxygens (including phenoxy) is 4. The van der Waals surface area contributed by atoms with Crippen LogP contribution in [0.3, 0.4) is 0 Å². The molecule has 1 fully saturated rings. The van der Waals surface area contributed by atoms with Gasteiger partial charge in [-0.3, -0.25) is 18.6 Å². The third-order valence-corrected chi connectivity index (χ3v) is 7.60. The first-order valence-corrected chi connectivity index (χ1v) is 13.9. The summed E-state index contributed by atoms with van der Waals surface area (Å²) in [5.74, 6) is 0.245. The molecule has 0 spiro atoms. The molecular formula is C26H29N3O8S. The summed E-state index contributed by atoms with van der Waals surface area (Å²) >= 11 is 0. The molecular weight excluding hydrogens is 514 g/mol. The predicted molar refractivity (Wildman–Crippen MR) is 137 cm³/mol. The Morgan fingerprint density at radius 1 is 0.842 bits per heavy atom. The summed E-state index contributed by atoms with van der Waals surface area (Å²) in [4.78, 5) is 39.7. The van der Waals surface area contributed by atoms with E-state index in [1.165, 1.54) is 4.90 Å². The van der Waals surface area contributed by atoms with E-state index in [1.807, 2.05) is 0 Å². The van der Waals surface area contributed by atoms with Crippen LogP contribution in [0.15, 0.2) is 36.4 Å². The zero-order chi connectivity index (χ0) is 26.5. The first-order chi connectivity index (χ1) is 18.4. The van der Waals surface area contributed by atoms with Gasteiger partial charge in [-0.15, -0.1) is 0 Å². The highest BCUT2D eigenvalue weighted by Crippen LogP contribution is 2.34. The van der Waals surface area contributed by atoms with E-state index in [-0.39, 0.29) is 44.4 Å². The first-order valence-electron chi connectivity index (χ1n) is 12.4. The van der Waals surface area contributed by atoms with Gasteiger partial charge < -0.3 is 34.5 Å². The van der Waals surface area contributed by atoms with Crippen LogP contribution >= 0.6 is 0 Å². The summed E-state index contributed by atoms with van der Waals surface area (Å²) in [6, 6.07) is 10.3. The van der Waals surface area contributed by atoms with Crippen LogP contribution in [0, 0.1) is 0 Å². The number of carbonyl (C=O) groups excluding carboxylic acids is 3. The van der Waals surface area contributed by atoms with Crippen LogP contribution in [-0.4, -0.2) is 64.5 Å². The van der Waals surface area contributed by atoms with Gasteiger partial charge in [0.15, 0.2) is 23.0 Å². The number of nitrogens with one attached hydrogen (secondary N) is 2. The molecule has 12 heteroatoms. The molecule has 0 bridgehead atoms. The van der Waals surface area contributed by atoms with Crippen LogP contribution in [-0.2, 0) is 31.7 Å². The summed E-state index contributed by atoms with van der Waals surface area (Å²) in [7, 11) is -1.79. The molecule has 2 heterocycles. The molecule has 2 aliphatic heterocycles. The zero-order valence-corrected chi connectivity index (χ0v) is 21.6. The average Bonchev–Trinajstić information content (AvgIpc) is 3.65. The molecule has 1 saturated carbocycles. The minimum absolute atomic E-state index is 0.110. The molecule has 0 aromatic heterocycles. The topological polar surface area (TPSA) is 133 Å². The van der Waals surface area contributed by atoms with E-state index in [0.29, 0.717) is 28.7 Å². The lowest BCUT2D eigenvalue weighted by atomic mass is 10.2. The number of benzene rings is 2. The van der Waals surface area contributed by atoms with Gasteiger partial charge in [0.05, 0.1) is 6.54 Å². The normalized spacial score (nSPS) is 16.2. The number of rotatable bonds is 10. The lowest BCUT2D eigenvalue weighted by Crippen LogP contribution is -2.44. The summed E-state index contributed by atoms with van der Waals surface area (Å²) in [6.07, 6.45) is 3.98.